The van der Waals surface area contributed by atoms with Crippen molar-refractivity contribution in [1.82, 2.24) is 4.98 Å². The third-order valence-electron chi connectivity index (χ3n) is 3.62. The van der Waals surface area contributed by atoms with Gasteiger partial charge >= 0.3 is 0 Å². The molecule has 0 saturated heterocycles. The van der Waals surface area contributed by atoms with Crippen LogP contribution in [0.25, 0.3) is 10.9 Å². The number of nitrogens with one attached hydrogen (secondary N) is 1. The van der Waals surface area contributed by atoms with Crippen LogP contribution in [0.15, 0.2) is 24.3 Å². The first-order valence-electron chi connectivity index (χ1n) is 5.70. The van der Waals surface area contributed by atoms with Gasteiger partial charge in [0.15, 0.2) is 0 Å². The molecule has 0 bridgehead atoms. The summed E-state index contributed by atoms with van der Waals surface area (Å²) in [6, 6.07) is 8.28. The lowest BCUT2D eigenvalue weighted by Gasteiger charge is -2.31. The Morgan fingerprint density at radius 1 is 1.38 bits per heavy atom. The van der Waals surface area contributed by atoms with Crippen LogP contribution in [0.1, 0.15) is 17.7 Å². The van der Waals surface area contributed by atoms with Gasteiger partial charge in [-0.3, -0.25) is 0 Å². The van der Waals surface area contributed by atoms with Gasteiger partial charge in [0.25, 0.3) is 0 Å². The average Bonchev–Trinajstić information content (AvgIpc) is 2.67. The summed E-state index contributed by atoms with van der Waals surface area (Å²) in [5.41, 5.74) is 9.48. The number of aromatic nitrogens is 1. The number of aryl methyl sites for hydroxylation is 1. The van der Waals surface area contributed by atoms with Crippen molar-refractivity contribution in [1.29, 1.82) is 0 Å². The van der Waals surface area contributed by atoms with Gasteiger partial charge in [-0.1, -0.05) is 18.2 Å². The number of fused-ring (bicyclic) bond motifs is 3. The molecule has 0 aliphatic heterocycles. The van der Waals surface area contributed by atoms with Crippen molar-refractivity contribution in [2.75, 3.05) is 6.61 Å². The molecule has 3 heteroatoms. The number of hydrogen-bond acceptors (Lipinski definition) is 2. The zero-order chi connectivity index (χ0) is 11.2. The van der Waals surface area contributed by atoms with E-state index in [9.17, 15) is 5.11 Å². The summed E-state index contributed by atoms with van der Waals surface area (Å²) in [7, 11) is 0. The Labute approximate surface area is 94.3 Å². The minimum atomic E-state index is -0.433. The van der Waals surface area contributed by atoms with Gasteiger partial charge in [-0.2, -0.15) is 0 Å². The molecule has 1 aromatic heterocycles. The first-order valence-corrected chi connectivity index (χ1v) is 5.70. The van der Waals surface area contributed by atoms with E-state index >= 15 is 0 Å². The second-order valence-electron chi connectivity index (χ2n) is 4.82. The maximum Gasteiger partial charge on any atom is 0.0614 e. The van der Waals surface area contributed by atoms with Crippen LogP contribution in [0.4, 0.5) is 0 Å². The predicted octanol–water partition coefficient (Wildman–Crippen LogP) is 1.35. The smallest absolute Gasteiger partial charge is 0.0614 e. The maximum atomic E-state index is 9.35. The summed E-state index contributed by atoms with van der Waals surface area (Å²) < 4.78 is 0. The van der Waals surface area contributed by atoms with Gasteiger partial charge in [-0.05, 0) is 30.9 Å². The minimum Gasteiger partial charge on any atom is -0.394 e. The number of para-hydroxylation sites is 1. The summed E-state index contributed by atoms with van der Waals surface area (Å²) in [4.78, 5) is 3.44. The number of aromatic amines is 1. The predicted molar refractivity (Wildman–Crippen MR) is 64.3 cm³/mol. The van der Waals surface area contributed by atoms with E-state index in [2.05, 4.69) is 17.1 Å². The molecule has 1 aromatic carbocycles. The van der Waals surface area contributed by atoms with Crippen LogP contribution in [-0.2, 0) is 12.8 Å². The van der Waals surface area contributed by atoms with Gasteiger partial charge in [-0.25, -0.2) is 0 Å². The quantitative estimate of drug-likeness (QED) is 0.673. The number of nitrogens with two attached hydrogens (primary N) is 1. The summed E-state index contributed by atoms with van der Waals surface area (Å²) in [6.07, 6.45) is 2.55. The lowest BCUT2D eigenvalue weighted by atomic mass is 9.81. The first-order chi connectivity index (χ1) is 7.72. The zero-order valence-electron chi connectivity index (χ0n) is 9.16. The standard InChI is InChI=1S/C13H16N2O/c14-13(8-16)6-5-12-10(7-13)9-3-1-2-4-11(9)15-12/h1-4,15-16H,5-8,14H2. The molecule has 4 N–H and O–H groups in total. The summed E-state index contributed by atoms with van der Waals surface area (Å²) in [5.74, 6) is 0. The van der Waals surface area contributed by atoms with E-state index in [1.165, 1.54) is 22.2 Å². The average molecular weight is 216 g/mol. The van der Waals surface area contributed by atoms with Crippen molar-refractivity contribution in [3.63, 3.8) is 0 Å². The summed E-state index contributed by atoms with van der Waals surface area (Å²) in [6.45, 7) is 0.0615. The molecule has 2 aromatic rings. The van der Waals surface area contributed by atoms with Crippen LogP contribution in [0.3, 0.4) is 0 Å². The van der Waals surface area contributed by atoms with E-state index in [1.807, 2.05) is 12.1 Å². The highest BCUT2D eigenvalue weighted by molar-refractivity contribution is 5.85. The zero-order valence-corrected chi connectivity index (χ0v) is 9.16. The first kappa shape index (κ1) is 9.87. The highest BCUT2D eigenvalue weighted by atomic mass is 16.3. The molecule has 0 fully saturated rings. The molecule has 84 valence electrons. The SMILES string of the molecule is NC1(CO)CCc2[nH]c3ccccc3c2C1. The van der Waals surface area contributed by atoms with E-state index in [4.69, 9.17) is 5.73 Å². The normalized spacial score (nSPS) is 24.6. The molecule has 1 aliphatic rings. The van der Waals surface area contributed by atoms with Gasteiger partial charge < -0.3 is 15.8 Å². The lowest BCUT2D eigenvalue weighted by Crippen LogP contribution is -2.48. The molecule has 0 amide bonds. The molecular formula is C13H16N2O. The molecule has 16 heavy (non-hydrogen) atoms. The molecule has 1 heterocycles. The number of aliphatic hydroxyl groups excluding tert-OH is 1. The fourth-order valence-corrected chi connectivity index (χ4v) is 2.62. The number of H-pyrrole nitrogens is 1. The maximum absolute atomic E-state index is 9.35. The van der Waals surface area contributed by atoms with Crippen LogP contribution in [0.2, 0.25) is 0 Å². The molecule has 1 unspecified atom stereocenters. The number of rotatable bonds is 1. The number of benzene rings is 1. The Morgan fingerprint density at radius 3 is 3.00 bits per heavy atom. The van der Waals surface area contributed by atoms with Crippen molar-refractivity contribution in [3.8, 4) is 0 Å². The molecular weight excluding hydrogens is 200 g/mol. The number of hydrogen-bond donors (Lipinski definition) is 3. The van der Waals surface area contributed by atoms with Crippen molar-refractivity contribution >= 4 is 10.9 Å². The van der Waals surface area contributed by atoms with Crippen molar-refractivity contribution in [2.24, 2.45) is 5.73 Å². The molecule has 0 radical (unpaired) electrons. The van der Waals surface area contributed by atoms with Crippen molar-refractivity contribution in [2.45, 2.75) is 24.8 Å². The van der Waals surface area contributed by atoms with E-state index in [1.54, 1.807) is 0 Å². The van der Waals surface area contributed by atoms with Crippen LogP contribution >= 0.6 is 0 Å². The minimum absolute atomic E-state index is 0.0615. The molecule has 3 rings (SSSR count). The fourth-order valence-electron chi connectivity index (χ4n) is 2.62. The Morgan fingerprint density at radius 2 is 2.19 bits per heavy atom. The van der Waals surface area contributed by atoms with Crippen LogP contribution in [0.5, 0.6) is 0 Å². The van der Waals surface area contributed by atoms with E-state index < -0.39 is 5.54 Å². The van der Waals surface area contributed by atoms with E-state index in [0.29, 0.717) is 0 Å². The molecule has 0 saturated carbocycles. The Hall–Kier alpha value is -1.32. The van der Waals surface area contributed by atoms with Crippen LogP contribution in [-0.4, -0.2) is 22.2 Å². The Balaban J connectivity index is 2.15. The van der Waals surface area contributed by atoms with Gasteiger partial charge in [0, 0.05) is 22.1 Å². The number of aliphatic hydroxyl groups is 1. The Bertz CT molecular complexity index is 532. The molecule has 0 spiro atoms. The molecule has 1 aliphatic carbocycles. The van der Waals surface area contributed by atoms with Crippen LogP contribution in [0, 0.1) is 0 Å². The highest BCUT2D eigenvalue weighted by Gasteiger charge is 2.31. The van der Waals surface area contributed by atoms with Gasteiger partial charge in [0.05, 0.1) is 6.61 Å². The van der Waals surface area contributed by atoms with Crippen LogP contribution < -0.4 is 5.73 Å². The Kier molecular flexibility index (Phi) is 2.06. The van der Waals surface area contributed by atoms with Crippen molar-refractivity contribution < 1.29 is 5.11 Å². The van der Waals surface area contributed by atoms with Crippen molar-refractivity contribution in [3.05, 3.63) is 35.5 Å². The second kappa shape index (κ2) is 3.34. The van der Waals surface area contributed by atoms with E-state index in [-0.39, 0.29) is 6.61 Å². The highest BCUT2D eigenvalue weighted by Crippen LogP contribution is 2.32. The van der Waals surface area contributed by atoms with Gasteiger partial charge in [-0.15, -0.1) is 0 Å². The molecule has 3 nitrogen and oxygen atoms in total. The van der Waals surface area contributed by atoms with Gasteiger partial charge in [0.1, 0.15) is 0 Å². The largest absolute Gasteiger partial charge is 0.394 e. The third-order valence-corrected chi connectivity index (χ3v) is 3.62. The second-order valence-corrected chi connectivity index (χ2v) is 4.82. The monoisotopic (exact) mass is 216 g/mol. The van der Waals surface area contributed by atoms with E-state index in [0.717, 1.165) is 19.3 Å². The fraction of sp³-hybridized carbons (Fsp3) is 0.385. The lowest BCUT2D eigenvalue weighted by molar-refractivity contribution is 0.181. The topological polar surface area (TPSA) is 62.0 Å². The summed E-state index contributed by atoms with van der Waals surface area (Å²) in [5, 5.41) is 10.6. The third kappa shape index (κ3) is 1.36. The summed E-state index contributed by atoms with van der Waals surface area (Å²) >= 11 is 0. The van der Waals surface area contributed by atoms with Gasteiger partial charge in [0.2, 0.25) is 0 Å². The molecule has 1 atom stereocenters.